The molecule has 0 aromatic heterocycles. The number of aliphatic hydroxyl groups excluding tert-OH is 5. The topological polar surface area (TPSA) is 149 Å². The molecule has 0 radical (unpaired) electrons. The summed E-state index contributed by atoms with van der Waals surface area (Å²) in [7, 11) is 0. The van der Waals surface area contributed by atoms with Gasteiger partial charge in [-0.25, -0.2) is 0 Å². The van der Waals surface area contributed by atoms with Crippen LogP contribution in [0.4, 0.5) is 0 Å². The van der Waals surface area contributed by atoms with Gasteiger partial charge >= 0.3 is 0 Å². The van der Waals surface area contributed by atoms with Gasteiger partial charge in [-0.05, 0) is 51.4 Å². The fourth-order valence-electron chi connectivity index (χ4n) is 13.1. The van der Waals surface area contributed by atoms with Crippen molar-refractivity contribution in [1.82, 2.24) is 5.32 Å². The molecule has 1 aliphatic heterocycles. The molecule has 1 saturated heterocycles. The Balaban J connectivity index is 2.02. The van der Waals surface area contributed by atoms with Gasteiger partial charge in [0.15, 0.2) is 6.29 Å². The fourth-order valence-corrected chi connectivity index (χ4v) is 13.1. The van der Waals surface area contributed by atoms with E-state index >= 15 is 0 Å². The van der Waals surface area contributed by atoms with Crippen molar-refractivity contribution in [1.29, 1.82) is 0 Å². The number of allylic oxidation sites excluding steroid dienone is 6. The second-order valence-corrected chi connectivity index (χ2v) is 27.9. The number of amides is 1. The minimum Gasteiger partial charge on any atom is -0.394 e. The van der Waals surface area contributed by atoms with Gasteiger partial charge in [0.05, 0.1) is 25.4 Å². The van der Waals surface area contributed by atoms with E-state index in [1.807, 2.05) is 0 Å². The van der Waals surface area contributed by atoms with Crippen LogP contribution < -0.4 is 5.32 Å². The van der Waals surface area contributed by atoms with E-state index in [2.05, 4.69) is 55.6 Å². The Labute approximate surface area is 552 Å². The summed E-state index contributed by atoms with van der Waals surface area (Å²) in [4.78, 5) is 13.2. The Morgan fingerprint density at radius 1 is 0.382 bits per heavy atom. The molecule has 89 heavy (non-hydrogen) atoms. The number of carbonyl (C=O) groups is 1. The van der Waals surface area contributed by atoms with Gasteiger partial charge in [-0.15, -0.1) is 0 Å². The normalized spacial score (nSPS) is 17.9. The van der Waals surface area contributed by atoms with E-state index in [9.17, 15) is 30.3 Å². The number of hydrogen-bond donors (Lipinski definition) is 6. The first kappa shape index (κ1) is 85.4. The standard InChI is InChI=1S/C80H153NO8/c1-3-5-7-9-11-13-15-17-19-21-23-25-27-29-30-31-32-33-34-35-36-37-38-39-40-41-42-43-44-46-48-50-52-54-56-58-60-62-64-66-68-70-76(84)81-73(72-88-80-79(87)78(86)77(85)75(71-82)89-80)74(83)69-67-65-63-61-59-57-55-53-51-49-47-45-28-26-24-22-20-18-16-14-12-10-8-6-4-2/h15,17,21,23,27,29,73-75,77-80,82-83,85-87H,3-14,16,18-20,22,24-26,28,30-72H2,1-2H3,(H,81,84)/b17-15-,23-21-,29-27-. The third-order valence-corrected chi connectivity index (χ3v) is 19.2. The summed E-state index contributed by atoms with van der Waals surface area (Å²) in [5.74, 6) is -0.134. The van der Waals surface area contributed by atoms with E-state index in [1.54, 1.807) is 0 Å². The first-order chi connectivity index (χ1) is 43.8. The lowest BCUT2D eigenvalue weighted by Crippen LogP contribution is -2.60. The summed E-state index contributed by atoms with van der Waals surface area (Å²) in [6.45, 7) is 3.89. The lowest BCUT2D eigenvalue weighted by molar-refractivity contribution is -0.302. The number of unbranched alkanes of at least 4 members (excludes halogenated alkanes) is 55. The van der Waals surface area contributed by atoms with Crippen LogP contribution in [-0.2, 0) is 14.3 Å². The summed E-state index contributed by atoms with van der Waals surface area (Å²) in [6.07, 6.45) is 86.8. The van der Waals surface area contributed by atoms with Crippen molar-refractivity contribution in [2.75, 3.05) is 13.2 Å². The van der Waals surface area contributed by atoms with Crippen molar-refractivity contribution in [3.05, 3.63) is 36.5 Å². The van der Waals surface area contributed by atoms with Crippen LogP contribution in [0, 0.1) is 0 Å². The molecule has 9 nitrogen and oxygen atoms in total. The van der Waals surface area contributed by atoms with Crippen LogP contribution in [0.3, 0.4) is 0 Å². The monoisotopic (exact) mass is 1260 g/mol. The van der Waals surface area contributed by atoms with Gasteiger partial charge in [0.2, 0.25) is 5.91 Å². The van der Waals surface area contributed by atoms with Gasteiger partial charge in [0.25, 0.3) is 0 Å². The highest BCUT2D eigenvalue weighted by molar-refractivity contribution is 5.76. The maximum atomic E-state index is 13.2. The quantitative estimate of drug-likeness (QED) is 0.0261. The predicted molar refractivity (Wildman–Crippen MR) is 383 cm³/mol. The molecule has 7 atom stereocenters. The van der Waals surface area contributed by atoms with Crippen molar-refractivity contribution in [2.24, 2.45) is 0 Å². The zero-order chi connectivity index (χ0) is 64.2. The van der Waals surface area contributed by atoms with E-state index in [0.29, 0.717) is 12.8 Å². The summed E-state index contributed by atoms with van der Waals surface area (Å²) in [5, 5.41) is 55.1. The average molecular weight is 1260 g/mol. The lowest BCUT2D eigenvalue weighted by Gasteiger charge is -2.40. The molecule has 9 heteroatoms. The van der Waals surface area contributed by atoms with Gasteiger partial charge in [-0.3, -0.25) is 4.79 Å². The molecule has 1 heterocycles. The largest absolute Gasteiger partial charge is 0.394 e. The zero-order valence-corrected chi connectivity index (χ0v) is 59.2. The molecule has 0 saturated carbocycles. The summed E-state index contributed by atoms with van der Waals surface area (Å²) >= 11 is 0. The predicted octanol–water partition coefficient (Wildman–Crippen LogP) is 22.5. The molecule has 526 valence electrons. The number of aliphatic hydroxyl groups is 5. The van der Waals surface area contributed by atoms with Crippen LogP contribution in [0.25, 0.3) is 0 Å². The highest BCUT2D eigenvalue weighted by Gasteiger charge is 2.44. The van der Waals surface area contributed by atoms with Crippen LogP contribution in [0.5, 0.6) is 0 Å². The Morgan fingerprint density at radius 3 is 0.978 bits per heavy atom. The Bertz CT molecular complexity index is 1500. The van der Waals surface area contributed by atoms with Crippen LogP contribution >= 0.6 is 0 Å². The van der Waals surface area contributed by atoms with Crippen LogP contribution in [-0.4, -0.2) is 87.5 Å². The molecule has 0 aromatic carbocycles. The van der Waals surface area contributed by atoms with Crippen LogP contribution in [0.2, 0.25) is 0 Å². The SMILES string of the molecule is CCCCCCC/C=C\C/C=C\C/C=C\CCCCCCCCCCCCCCCCCCCCCCCCCCCCC(=O)NC(COC1OC(CO)C(O)C(O)C1O)C(O)CCCCCCCCCCCCCCCCCCCCCCCCCCC. The van der Waals surface area contributed by atoms with E-state index in [-0.39, 0.29) is 12.5 Å². The van der Waals surface area contributed by atoms with Crippen molar-refractivity contribution in [2.45, 2.75) is 455 Å². The zero-order valence-electron chi connectivity index (χ0n) is 59.2. The lowest BCUT2D eigenvalue weighted by atomic mass is 9.99. The summed E-state index contributed by atoms with van der Waals surface area (Å²) in [6, 6.07) is -0.718. The molecule has 6 N–H and O–H groups in total. The number of rotatable bonds is 71. The number of hydrogen-bond acceptors (Lipinski definition) is 8. The van der Waals surface area contributed by atoms with E-state index in [4.69, 9.17) is 9.47 Å². The molecule has 0 aromatic rings. The molecule has 0 aliphatic carbocycles. The van der Waals surface area contributed by atoms with Crippen LogP contribution in [0.15, 0.2) is 36.5 Å². The summed E-state index contributed by atoms with van der Waals surface area (Å²) < 4.78 is 11.4. The molecule has 1 fully saturated rings. The van der Waals surface area contributed by atoms with Crippen molar-refractivity contribution < 1.29 is 39.8 Å². The summed E-state index contributed by atoms with van der Waals surface area (Å²) in [5.41, 5.74) is 0. The van der Waals surface area contributed by atoms with Crippen molar-refractivity contribution in [3.63, 3.8) is 0 Å². The van der Waals surface area contributed by atoms with Crippen molar-refractivity contribution >= 4 is 5.91 Å². The molecule has 1 aliphatic rings. The maximum absolute atomic E-state index is 13.2. The van der Waals surface area contributed by atoms with Crippen molar-refractivity contribution in [3.8, 4) is 0 Å². The molecule has 1 rings (SSSR count). The fraction of sp³-hybridized carbons (Fsp3) is 0.912. The molecule has 0 bridgehead atoms. The highest BCUT2D eigenvalue weighted by atomic mass is 16.7. The third-order valence-electron chi connectivity index (χ3n) is 19.2. The van der Waals surface area contributed by atoms with E-state index in [1.165, 1.54) is 334 Å². The van der Waals surface area contributed by atoms with Gasteiger partial charge in [-0.2, -0.15) is 0 Å². The molecule has 7 unspecified atom stereocenters. The Hall–Kier alpha value is -1.59. The first-order valence-corrected chi connectivity index (χ1v) is 39.7. The Kier molecular flexibility index (Phi) is 66.5. The van der Waals surface area contributed by atoms with Gasteiger partial charge in [0.1, 0.15) is 24.4 Å². The van der Waals surface area contributed by atoms with E-state index < -0.39 is 49.5 Å². The molecule has 0 spiro atoms. The second-order valence-electron chi connectivity index (χ2n) is 27.9. The maximum Gasteiger partial charge on any atom is 0.220 e. The highest BCUT2D eigenvalue weighted by Crippen LogP contribution is 2.24. The molecule has 1 amide bonds. The average Bonchev–Trinajstić information content (AvgIpc) is 2.59. The van der Waals surface area contributed by atoms with Crippen LogP contribution in [0.1, 0.15) is 412 Å². The van der Waals surface area contributed by atoms with Gasteiger partial charge in [-0.1, -0.05) is 391 Å². The number of nitrogens with one attached hydrogen (secondary N) is 1. The van der Waals surface area contributed by atoms with Gasteiger partial charge < -0.3 is 40.3 Å². The third kappa shape index (κ3) is 57.6. The number of carbonyl (C=O) groups excluding carboxylic acids is 1. The Morgan fingerprint density at radius 2 is 0.663 bits per heavy atom. The molecular weight excluding hydrogens is 1100 g/mol. The molecular formula is C80H153NO8. The first-order valence-electron chi connectivity index (χ1n) is 39.7. The van der Waals surface area contributed by atoms with E-state index in [0.717, 1.165) is 51.4 Å². The smallest absolute Gasteiger partial charge is 0.220 e. The van der Waals surface area contributed by atoms with Gasteiger partial charge in [0, 0.05) is 6.42 Å². The number of ether oxygens (including phenoxy) is 2. The minimum absolute atomic E-state index is 0.132. The minimum atomic E-state index is -1.55. The second kappa shape index (κ2) is 69.2.